The Morgan fingerprint density at radius 2 is 2.27 bits per heavy atom. The van der Waals surface area contributed by atoms with Crippen LogP contribution in [0.5, 0.6) is 0 Å². The highest BCUT2D eigenvalue weighted by Gasteiger charge is 2.32. The van der Waals surface area contributed by atoms with Crippen LogP contribution in [0.25, 0.3) is 0 Å². The van der Waals surface area contributed by atoms with Crippen LogP contribution in [0.3, 0.4) is 0 Å². The van der Waals surface area contributed by atoms with Gasteiger partial charge in [0.15, 0.2) is 0 Å². The zero-order valence-corrected chi connectivity index (χ0v) is 9.95. The van der Waals surface area contributed by atoms with Crippen molar-refractivity contribution < 1.29 is 9.53 Å². The van der Waals surface area contributed by atoms with Crippen molar-refractivity contribution in [2.45, 2.75) is 32.7 Å². The minimum atomic E-state index is 0.0208. The molecule has 1 rings (SSSR count). The number of unbranched alkanes of at least 4 members (excludes halogenated alkanes) is 1. The molecule has 1 unspecified atom stereocenters. The summed E-state index contributed by atoms with van der Waals surface area (Å²) in [5.41, 5.74) is 0. The smallest absolute Gasteiger partial charge is 0.241 e. The molecule has 0 spiro atoms. The van der Waals surface area contributed by atoms with Crippen LogP contribution in [0, 0.1) is 5.92 Å². The number of hydrogen-bond acceptors (Lipinski definition) is 3. The summed E-state index contributed by atoms with van der Waals surface area (Å²) in [5.74, 6) is 0.629. The van der Waals surface area contributed by atoms with Crippen LogP contribution in [-0.2, 0) is 9.53 Å². The van der Waals surface area contributed by atoms with Gasteiger partial charge in [0.2, 0.25) is 5.91 Å². The van der Waals surface area contributed by atoms with E-state index in [0.29, 0.717) is 12.6 Å². The average molecular weight is 214 g/mol. The molecule has 1 saturated heterocycles. The number of rotatable bonds is 6. The van der Waals surface area contributed by atoms with E-state index in [9.17, 15) is 4.79 Å². The molecule has 1 amide bonds. The number of amides is 1. The number of carbonyl (C=O) groups excluding carboxylic acids is 1. The number of nitrogens with one attached hydrogen (secondary N) is 1. The Morgan fingerprint density at radius 3 is 2.80 bits per heavy atom. The minimum absolute atomic E-state index is 0.0208. The molecular formula is C11H22N2O2. The minimum Gasteiger partial charge on any atom is -0.385 e. The molecule has 0 saturated carbocycles. The van der Waals surface area contributed by atoms with E-state index in [1.807, 2.05) is 4.90 Å². The zero-order valence-electron chi connectivity index (χ0n) is 9.95. The maximum Gasteiger partial charge on any atom is 0.241 e. The first kappa shape index (κ1) is 12.5. The van der Waals surface area contributed by atoms with Gasteiger partial charge in [-0.15, -0.1) is 0 Å². The second-order valence-electron chi connectivity index (χ2n) is 4.39. The standard InChI is InChI=1S/C11H22N2O2/c1-9(2)10-11(14)13(8-12-10)6-4-5-7-15-3/h9-10,12H,4-8H2,1-3H3. The molecule has 1 aliphatic rings. The van der Waals surface area contributed by atoms with E-state index in [2.05, 4.69) is 19.2 Å². The molecule has 1 atom stereocenters. The molecule has 1 aliphatic heterocycles. The molecule has 15 heavy (non-hydrogen) atoms. The van der Waals surface area contributed by atoms with E-state index in [4.69, 9.17) is 4.74 Å². The lowest BCUT2D eigenvalue weighted by atomic mass is 10.1. The van der Waals surface area contributed by atoms with Gasteiger partial charge in [0.25, 0.3) is 0 Å². The van der Waals surface area contributed by atoms with Crippen LogP contribution in [0.15, 0.2) is 0 Å². The van der Waals surface area contributed by atoms with Crippen molar-refractivity contribution in [3.05, 3.63) is 0 Å². The first-order chi connectivity index (χ1) is 7.16. The summed E-state index contributed by atoms with van der Waals surface area (Å²) < 4.78 is 4.97. The van der Waals surface area contributed by atoms with Crippen LogP contribution in [0.4, 0.5) is 0 Å². The molecule has 0 aromatic rings. The Bertz CT molecular complexity index is 207. The highest BCUT2D eigenvalue weighted by Crippen LogP contribution is 2.12. The topological polar surface area (TPSA) is 41.6 Å². The SMILES string of the molecule is COCCCCN1CNC(C(C)C)C1=O. The summed E-state index contributed by atoms with van der Waals surface area (Å²) in [4.78, 5) is 13.7. The van der Waals surface area contributed by atoms with Gasteiger partial charge in [0.05, 0.1) is 12.7 Å². The maximum atomic E-state index is 11.8. The van der Waals surface area contributed by atoms with E-state index >= 15 is 0 Å². The fraction of sp³-hybridized carbons (Fsp3) is 0.909. The van der Waals surface area contributed by atoms with Gasteiger partial charge in [0.1, 0.15) is 0 Å². The third-order valence-electron chi connectivity index (χ3n) is 2.77. The van der Waals surface area contributed by atoms with Crippen molar-refractivity contribution in [2.24, 2.45) is 5.92 Å². The van der Waals surface area contributed by atoms with E-state index in [0.717, 1.165) is 26.0 Å². The molecule has 4 nitrogen and oxygen atoms in total. The van der Waals surface area contributed by atoms with E-state index in [1.165, 1.54) is 0 Å². The molecular weight excluding hydrogens is 192 g/mol. The van der Waals surface area contributed by atoms with Crippen molar-refractivity contribution in [1.29, 1.82) is 0 Å². The number of nitrogens with zero attached hydrogens (tertiary/aromatic N) is 1. The van der Waals surface area contributed by atoms with Gasteiger partial charge in [-0.05, 0) is 18.8 Å². The molecule has 88 valence electrons. The molecule has 0 aliphatic carbocycles. The largest absolute Gasteiger partial charge is 0.385 e. The third kappa shape index (κ3) is 3.47. The molecule has 4 heteroatoms. The Hall–Kier alpha value is -0.610. The monoisotopic (exact) mass is 214 g/mol. The fourth-order valence-corrected chi connectivity index (χ4v) is 1.83. The van der Waals surface area contributed by atoms with Crippen LogP contribution < -0.4 is 5.32 Å². The predicted molar refractivity (Wildman–Crippen MR) is 59.5 cm³/mol. The van der Waals surface area contributed by atoms with Gasteiger partial charge in [-0.1, -0.05) is 13.8 Å². The number of ether oxygens (including phenoxy) is 1. The van der Waals surface area contributed by atoms with Gasteiger partial charge >= 0.3 is 0 Å². The normalized spacial score (nSPS) is 21.7. The fourth-order valence-electron chi connectivity index (χ4n) is 1.83. The quantitative estimate of drug-likeness (QED) is 0.666. The summed E-state index contributed by atoms with van der Waals surface area (Å²) in [6, 6.07) is 0.0208. The third-order valence-corrected chi connectivity index (χ3v) is 2.77. The summed E-state index contributed by atoms with van der Waals surface area (Å²) in [6.45, 7) is 6.48. The first-order valence-electron chi connectivity index (χ1n) is 5.68. The lowest BCUT2D eigenvalue weighted by molar-refractivity contribution is -0.129. The highest BCUT2D eigenvalue weighted by atomic mass is 16.5. The Kier molecular flexibility index (Phi) is 5.05. The number of carbonyl (C=O) groups is 1. The summed E-state index contributed by atoms with van der Waals surface area (Å²) >= 11 is 0. The summed E-state index contributed by atoms with van der Waals surface area (Å²) in [6.07, 6.45) is 2.04. The number of hydrogen-bond donors (Lipinski definition) is 1. The van der Waals surface area contributed by atoms with E-state index in [1.54, 1.807) is 7.11 Å². The van der Waals surface area contributed by atoms with Gasteiger partial charge in [-0.3, -0.25) is 10.1 Å². The molecule has 0 radical (unpaired) electrons. The Balaban J connectivity index is 2.24. The molecule has 0 aromatic carbocycles. The second-order valence-corrected chi connectivity index (χ2v) is 4.39. The van der Waals surface area contributed by atoms with E-state index in [-0.39, 0.29) is 11.9 Å². The predicted octanol–water partition coefficient (Wildman–Crippen LogP) is 0.827. The van der Waals surface area contributed by atoms with Gasteiger partial charge < -0.3 is 9.64 Å². The summed E-state index contributed by atoms with van der Waals surface area (Å²) in [7, 11) is 1.71. The van der Waals surface area contributed by atoms with Crippen molar-refractivity contribution in [1.82, 2.24) is 10.2 Å². The van der Waals surface area contributed by atoms with Crippen LogP contribution in [-0.4, -0.2) is 43.8 Å². The van der Waals surface area contributed by atoms with Crippen LogP contribution >= 0.6 is 0 Å². The molecule has 1 fully saturated rings. The highest BCUT2D eigenvalue weighted by molar-refractivity contribution is 5.83. The molecule has 1 N–H and O–H groups in total. The average Bonchev–Trinajstić information content (AvgIpc) is 2.55. The maximum absolute atomic E-state index is 11.8. The zero-order chi connectivity index (χ0) is 11.3. The van der Waals surface area contributed by atoms with Crippen molar-refractivity contribution in [3.63, 3.8) is 0 Å². The Morgan fingerprint density at radius 1 is 1.53 bits per heavy atom. The molecule has 0 bridgehead atoms. The molecule has 1 heterocycles. The summed E-state index contributed by atoms with van der Waals surface area (Å²) in [5, 5.41) is 3.24. The van der Waals surface area contributed by atoms with Crippen LogP contribution in [0.2, 0.25) is 0 Å². The van der Waals surface area contributed by atoms with Crippen molar-refractivity contribution >= 4 is 5.91 Å². The van der Waals surface area contributed by atoms with Crippen molar-refractivity contribution in [3.8, 4) is 0 Å². The van der Waals surface area contributed by atoms with Gasteiger partial charge in [0, 0.05) is 20.3 Å². The Labute approximate surface area is 92.0 Å². The number of methoxy groups -OCH3 is 1. The second kappa shape index (κ2) is 6.08. The molecule has 0 aromatic heterocycles. The lowest BCUT2D eigenvalue weighted by Crippen LogP contribution is -2.35. The van der Waals surface area contributed by atoms with Crippen molar-refractivity contribution in [2.75, 3.05) is 26.9 Å². The van der Waals surface area contributed by atoms with Gasteiger partial charge in [-0.2, -0.15) is 0 Å². The van der Waals surface area contributed by atoms with Gasteiger partial charge in [-0.25, -0.2) is 0 Å². The lowest BCUT2D eigenvalue weighted by Gasteiger charge is -2.16. The van der Waals surface area contributed by atoms with E-state index < -0.39 is 0 Å². The first-order valence-corrected chi connectivity index (χ1v) is 5.68. The van der Waals surface area contributed by atoms with Crippen LogP contribution in [0.1, 0.15) is 26.7 Å².